The molecule has 1 amide bonds. The molecule has 150 valence electrons. The van der Waals surface area contributed by atoms with E-state index in [1.807, 2.05) is 42.5 Å². The van der Waals surface area contributed by atoms with Crippen LogP contribution in [0.25, 0.3) is 33.8 Å². The second-order valence-corrected chi connectivity index (χ2v) is 7.34. The highest BCUT2D eigenvalue weighted by Crippen LogP contribution is 2.30. The quantitative estimate of drug-likeness (QED) is 0.358. The molecule has 31 heavy (non-hydrogen) atoms. The van der Waals surface area contributed by atoms with Gasteiger partial charge in [0.2, 0.25) is 5.89 Å². The van der Waals surface area contributed by atoms with E-state index in [1.165, 1.54) is 0 Å². The molecular formula is C25H16ClN3O2. The Hall–Kier alpha value is -3.96. The van der Waals surface area contributed by atoms with E-state index in [0.717, 1.165) is 11.1 Å². The maximum atomic E-state index is 12.8. The molecule has 0 unspecified atom stereocenters. The first-order valence-electron chi connectivity index (χ1n) is 9.66. The number of aromatic nitrogens is 2. The van der Waals surface area contributed by atoms with Crippen molar-refractivity contribution in [1.82, 2.24) is 9.97 Å². The monoisotopic (exact) mass is 425 g/mol. The molecule has 0 radical (unpaired) electrons. The zero-order valence-corrected chi connectivity index (χ0v) is 17.0. The number of anilines is 1. The van der Waals surface area contributed by atoms with Crippen LogP contribution in [0.3, 0.4) is 0 Å². The summed E-state index contributed by atoms with van der Waals surface area (Å²) in [7, 11) is 0. The summed E-state index contributed by atoms with van der Waals surface area (Å²) >= 11 is 6.32. The molecule has 0 atom stereocenters. The number of hydrogen-bond donors (Lipinski definition) is 1. The van der Waals surface area contributed by atoms with E-state index in [-0.39, 0.29) is 5.91 Å². The second kappa shape index (κ2) is 8.05. The number of carbonyl (C=O) groups excluding carboxylic acids is 1. The molecule has 5 aromatic rings. The summed E-state index contributed by atoms with van der Waals surface area (Å²) in [6.07, 6.45) is 1.66. The average Bonchev–Trinajstić information content (AvgIpc) is 3.25. The van der Waals surface area contributed by atoms with E-state index in [0.29, 0.717) is 39.0 Å². The number of carbonyl (C=O) groups is 1. The molecule has 0 bridgehead atoms. The molecular weight excluding hydrogens is 410 g/mol. The van der Waals surface area contributed by atoms with Crippen LogP contribution in [0.5, 0.6) is 0 Å². The number of nitrogens with zero attached hydrogens (tertiary/aromatic N) is 2. The van der Waals surface area contributed by atoms with Gasteiger partial charge in [0.25, 0.3) is 5.91 Å². The van der Waals surface area contributed by atoms with E-state index in [1.54, 1.807) is 48.7 Å². The molecule has 0 saturated heterocycles. The number of halogens is 1. The molecule has 3 aromatic carbocycles. The summed E-state index contributed by atoms with van der Waals surface area (Å²) < 4.78 is 5.76. The zero-order valence-electron chi connectivity index (χ0n) is 16.2. The molecule has 2 heterocycles. The van der Waals surface area contributed by atoms with Crippen LogP contribution in [0.15, 0.2) is 95.5 Å². The van der Waals surface area contributed by atoms with Gasteiger partial charge in [0.1, 0.15) is 0 Å². The molecule has 5 rings (SSSR count). The van der Waals surface area contributed by atoms with Crippen molar-refractivity contribution in [3.8, 4) is 22.6 Å². The van der Waals surface area contributed by atoms with E-state index in [9.17, 15) is 4.79 Å². The Morgan fingerprint density at radius 1 is 0.839 bits per heavy atom. The Labute approximate surface area is 183 Å². The normalized spacial score (nSPS) is 10.9. The van der Waals surface area contributed by atoms with Crippen LogP contribution < -0.4 is 5.32 Å². The predicted octanol–water partition coefficient (Wildman–Crippen LogP) is 6.46. The van der Waals surface area contributed by atoms with Crippen LogP contribution in [0.1, 0.15) is 10.4 Å². The molecule has 1 N–H and O–H groups in total. The van der Waals surface area contributed by atoms with Gasteiger partial charge in [-0.2, -0.15) is 4.98 Å². The van der Waals surface area contributed by atoms with Crippen LogP contribution >= 0.6 is 11.6 Å². The number of benzene rings is 3. The third-order valence-corrected chi connectivity index (χ3v) is 5.21. The lowest BCUT2D eigenvalue weighted by molar-refractivity contribution is 0.102. The van der Waals surface area contributed by atoms with Crippen LogP contribution in [0.4, 0.5) is 5.69 Å². The van der Waals surface area contributed by atoms with Gasteiger partial charge in [-0.1, -0.05) is 54.1 Å². The lowest BCUT2D eigenvalue weighted by Crippen LogP contribution is -2.12. The number of pyridine rings is 1. The summed E-state index contributed by atoms with van der Waals surface area (Å²) in [5.41, 5.74) is 4.96. The fourth-order valence-electron chi connectivity index (χ4n) is 3.29. The van der Waals surface area contributed by atoms with Gasteiger partial charge in [0.05, 0.1) is 10.7 Å². The van der Waals surface area contributed by atoms with Crippen molar-refractivity contribution in [2.75, 3.05) is 5.32 Å². The minimum atomic E-state index is -0.252. The van der Waals surface area contributed by atoms with E-state index >= 15 is 0 Å². The van der Waals surface area contributed by atoms with Crippen molar-refractivity contribution in [3.05, 3.63) is 102 Å². The Morgan fingerprint density at radius 2 is 1.58 bits per heavy atom. The molecule has 2 aromatic heterocycles. The van der Waals surface area contributed by atoms with Crippen LogP contribution in [-0.4, -0.2) is 15.9 Å². The number of nitrogens with one attached hydrogen (secondary N) is 1. The summed E-state index contributed by atoms with van der Waals surface area (Å²) in [6, 6.07) is 26.3. The number of rotatable bonds is 4. The van der Waals surface area contributed by atoms with Gasteiger partial charge < -0.3 is 9.73 Å². The van der Waals surface area contributed by atoms with Gasteiger partial charge >= 0.3 is 0 Å². The SMILES string of the molecule is O=C(Nc1cc(-c2nc3ncccc3o2)ccc1Cl)c1ccc(-c2ccccc2)cc1. The second-order valence-electron chi connectivity index (χ2n) is 6.94. The smallest absolute Gasteiger partial charge is 0.255 e. The number of fused-ring (bicyclic) bond motifs is 1. The van der Waals surface area contributed by atoms with Gasteiger partial charge in [0.15, 0.2) is 11.2 Å². The topological polar surface area (TPSA) is 68.0 Å². The number of amides is 1. The van der Waals surface area contributed by atoms with Gasteiger partial charge in [0, 0.05) is 17.3 Å². The molecule has 0 fully saturated rings. The minimum Gasteiger partial charge on any atom is -0.434 e. The third kappa shape index (κ3) is 3.91. The van der Waals surface area contributed by atoms with Gasteiger partial charge in [-0.15, -0.1) is 0 Å². The minimum absolute atomic E-state index is 0.252. The highest BCUT2D eigenvalue weighted by Gasteiger charge is 2.13. The Kier molecular flexibility index (Phi) is 4.94. The van der Waals surface area contributed by atoms with Gasteiger partial charge in [-0.3, -0.25) is 4.79 Å². The molecule has 0 spiro atoms. The largest absolute Gasteiger partial charge is 0.434 e. The van der Waals surface area contributed by atoms with Crippen LogP contribution in [0.2, 0.25) is 5.02 Å². The van der Waals surface area contributed by atoms with Gasteiger partial charge in [-0.05, 0) is 53.6 Å². The van der Waals surface area contributed by atoms with Crippen molar-refractivity contribution >= 4 is 34.4 Å². The summed E-state index contributed by atoms with van der Waals surface area (Å²) in [6.45, 7) is 0. The summed E-state index contributed by atoms with van der Waals surface area (Å²) in [4.78, 5) is 21.4. The first-order valence-corrected chi connectivity index (χ1v) is 10.0. The van der Waals surface area contributed by atoms with Gasteiger partial charge in [-0.25, -0.2) is 4.98 Å². The van der Waals surface area contributed by atoms with E-state index in [2.05, 4.69) is 15.3 Å². The van der Waals surface area contributed by atoms with Crippen molar-refractivity contribution < 1.29 is 9.21 Å². The van der Waals surface area contributed by atoms with E-state index < -0.39 is 0 Å². The third-order valence-electron chi connectivity index (χ3n) is 4.88. The standard InChI is InChI=1S/C25H16ClN3O2/c26-20-13-12-19(25-29-23-22(31-25)7-4-14-27-23)15-21(20)28-24(30)18-10-8-17(9-11-18)16-5-2-1-3-6-16/h1-15H,(H,28,30). The molecule has 6 heteroatoms. The molecule has 0 aliphatic heterocycles. The predicted molar refractivity (Wildman–Crippen MR) is 122 cm³/mol. The highest BCUT2D eigenvalue weighted by molar-refractivity contribution is 6.34. The maximum Gasteiger partial charge on any atom is 0.255 e. The van der Waals surface area contributed by atoms with Crippen molar-refractivity contribution in [2.45, 2.75) is 0 Å². The summed E-state index contributed by atoms with van der Waals surface area (Å²) in [5, 5.41) is 3.30. The first-order chi connectivity index (χ1) is 15.2. The summed E-state index contributed by atoms with van der Waals surface area (Å²) in [5.74, 6) is 0.158. The zero-order chi connectivity index (χ0) is 21.2. The Balaban J connectivity index is 1.39. The first kappa shape index (κ1) is 19.0. The van der Waals surface area contributed by atoms with Crippen molar-refractivity contribution in [2.24, 2.45) is 0 Å². The Bertz CT molecular complexity index is 1350. The highest BCUT2D eigenvalue weighted by atomic mass is 35.5. The molecule has 5 nitrogen and oxygen atoms in total. The van der Waals surface area contributed by atoms with Crippen molar-refractivity contribution in [1.29, 1.82) is 0 Å². The molecule has 0 saturated carbocycles. The fraction of sp³-hybridized carbons (Fsp3) is 0. The average molecular weight is 426 g/mol. The Morgan fingerprint density at radius 3 is 2.35 bits per heavy atom. The van der Waals surface area contributed by atoms with E-state index in [4.69, 9.17) is 16.0 Å². The lowest BCUT2D eigenvalue weighted by Gasteiger charge is -2.09. The van der Waals surface area contributed by atoms with Crippen LogP contribution in [-0.2, 0) is 0 Å². The number of hydrogen-bond acceptors (Lipinski definition) is 4. The molecule has 0 aliphatic carbocycles. The van der Waals surface area contributed by atoms with Crippen LogP contribution in [0, 0.1) is 0 Å². The molecule has 0 aliphatic rings. The maximum absolute atomic E-state index is 12.8. The lowest BCUT2D eigenvalue weighted by atomic mass is 10.0. The fourth-order valence-corrected chi connectivity index (χ4v) is 3.45. The van der Waals surface area contributed by atoms with Crippen molar-refractivity contribution in [3.63, 3.8) is 0 Å². The number of oxazole rings is 1.